The normalized spacial score (nSPS) is 10.9. The number of nitrogens with two attached hydrogens (primary N) is 2. The number of carbonyl (C=O) groups is 4. The molecule has 0 spiro atoms. The van der Waals surface area contributed by atoms with E-state index in [0.717, 1.165) is 0 Å². The van der Waals surface area contributed by atoms with Gasteiger partial charge in [0, 0.05) is 22.5 Å². The predicted molar refractivity (Wildman–Crippen MR) is 68.3 cm³/mol. The molecule has 0 fully saturated rings. The fraction of sp³-hybridized carbons (Fsp3) is 0.636. The summed E-state index contributed by atoms with van der Waals surface area (Å²) in [6.45, 7) is 0. The van der Waals surface area contributed by atoms with Crippen LogP contribution in [0, 0.1) is 5.41 Å². The molecule has 0 aliphatic heterocycles. The van der Waals surface area contributed by atoms with E-state index < -0.39 is 67.1 Å². The Balaban J connectivity index is -0.000000667. The first kappa shape index (κ1) is 27.2. The van der Waals surface area contributed by atoms with Crippen LogP contribution in [0.4, 0.5) is 0 Å². The van der Waals surface area contributed by atoms with Crippen LogP contribution >= 0.6 is 0 Å². The van der Waals surface area contributed by atoms with Crippen molar-refractivity contribution in [3.05, 3.63) is 0 Å². The van der Waals surface area contributed by atoms with Crippen molar-refractivity contribution in [2.24, 2.45) is 16.9 Å². The Hall–Kier alpha value is -0.681. The van der Waals surface area contributed by atoms with Crippen molar-refractivity contribution >= 4 is 23.9 Å². The molecule has 23 heavy (non-hydrogen) atoms. The molecule has 0 aliphatic rings. The first-order valence-corrected chi connectivity index (χ1v) is 5.82. The van der Waals surface area contributed by atoms with Crippen LogP contribution in [-0.4, -0.2) is 50.0 Å². The second-order valence-electron chi connectivity index (χ2n) is 5.19. The summed E-state index contributed by atoms with van der Waals surface area (Å²) in [5.74, 6) is -5.65. The van der Waals surface area contributed by atoms with E-state index in [0.29, 0.717) is 0 Å². The summed E-state index contributed by atoms with van der Waals surface area (Å²) >= 11 is 0. The average Bonchev–Trinajstić information content (AvgIpc) is 2.07. The van der Waals surface area contributed by atoms with Crippen molar-refractivity contribution in [1.82, 2.24) is 0 Å². The molecule has 0 bridgehead atoms. The van der Waals surface area contributed by atoms with Crippen LogP contribution in [0.15, 0.2) is 0 Å². The van der Waals surface area contributed by atoms with Crippen LogP contribution in [0.3, 0.4) is 0 Å². The molecule has 10 nitrogen and oxygen atoms in total. The summed E-state index contributed by atoms with van der Waals surface area (Å²) < 4.78 is 0. The average molecular weight is 385 g/mol. The van der Waals surface area contributed by atoms with E-state index in [1.165, 1.54) is 0 Å². The van der Waals surface area contributed by atoms with E-state index in [-0.39, 0.29) is 48.1 Å². The van der Waals surface area contributed by atoms with Crippen LogP contribution in [0.2, 0.25) is 0 Å². The van der Waals surface area contributed by atoms with Crippen molar-refractivity contribution in [2.45, 2.75) is 37.8 Å². The molecule has 0 aromatic rings. The zero-order valence-electron chi connectivity index (χ0n) is 13.5. The van der Waals surface area contributed by atoms with Gasteiger partial charge in [-0.1, -0.05) is 0 Å². The molecule has 129 valence electrons. The molecule has 0 aliphatic carbocycles. The van der Waals surface area contributed by atoms with Crippen LogP contribution in [0.1, 0.15) is 33.5 Å². The standard InChI is InChI=1S/C11H18N2O8.Mn.Na.H/c12-11(13,4-9(20)21)5-10(1-6(14)15,2-7(16)17)3-8(18)19;;;/h1-5,12-13H2,(H,14,15)(H,16,17)(H,18,19)(H,20,21);;;/q;;+1;-1. The summed E-state index contributed by atoms with van der Waals surface area (Å²) in [5, 5.41) is 35.3. The topological polar surface area (TPSA) is 201 Å². The Morgan fingerprint density at radius 3 is 1.22 bits per heavy atom. The molecule has 12 heteroatoms. The minimum atomic E-state index is -1.92. The van der Waals surface area contributed by atoms with Gasteiger partial charge in [0.1, 0.15) is 0 Å². The van der Waals surface area contributed by atoms with Gasteiger partial charge in [-0.15, -0.1) is 0 Å². The zero-order valence-corrected chi connectivity index (χ0v) is 15.7. The zero-order chi connectivity index (χ0) is 16.8. The number of carboxylic acids is 4. The fourth-order valence-corrected chi connectivity index (χ4v) is 2.38. The van der Waals surface area contributed by atoms with Crippen molar-refractivity contribution < 1.29 is 87.7 Å². The van der Waals surface area contributed by atoms with E-state index in [2.05, 4.69) is 0 Å². The monoisotopic (exact) mass is 385 g/mol. The van der Waals surface area contributed by atoms with E-state index >= 15 is 0 Å². The summed E-state index contributed by atoms with van der Waals surface area (Å²) in [7, 11) is 0. The summed E-state index contributed by atoms with van der Waals surface area (Å²) in [5.41, 5.74) is 7.40. The summed E-state index contributed by atoms with van der Waals surface area (Å²) in [6.07, 6.45) is -3.74. The molecule has 0 saturated heterocycles. The first-order chi connectivity index (χ1) is 9.37. The van der Waals surface area contributed by atoms with E-state index in [9.17, 15) is 19.2 Å². The third-order valence-electron chi connectivity index (χ3n) is 2.76. The minimum absolute atomic E-state index is 0. The Morgan fingerprint density at radius 2 is 1.00 bits per heavy atom. The van der Waals surface area contributed by atoms with Gasteiger partial charge in [0.25, 0.3) is 0 Å². The SMILES string of the molecule is NC(N)(CC(=O)O)CC(CC(=O)O)(CC(=O)O)CC(=O)O.[H-].[Mn].[Na+]. The predicted octanol–water partition coefficient (Wildman–Crippen LogP) is -4.01. The van der Waals surface area contributed by atoms with Crippen LogP contribution in [0.5, 0.6) is 0 Å². The minimum Gasteiger partial charge on any atom is -1.00 e. The second-order valence-corrected chi connectivity index (χ2v) is 5.19. The van der Waals surface area contributed by atoms with Gasteiger partial charge >= 0.3 is 53.4 Å². The van der Waals surface area contributed by atoms with Gasteiger partial charge in [-0.3, -0.25) is 19.2 Å². The maximum absolute atomic E-state index is 10.9. The van der Waals surface area contributed by atoms with Gasteiger partial charge in [0.2, 0.25) is 0 Å². The molecule has 0 amide bonds. The van der Waals surface area contributed by atoms with Gasteiger partial charge in [-0.2, -0.15) is 0 Å². The third-order valence-corrected chi connectivity index (χ3v) is 2.76. The molecule has 0 heterocycles. The summed E-state index contributed by atoms with van der Waals surface area (Å²) in [6, 6.07) is 0. The largest absolute Gasteiger partial charge is 1.00 e. The Bertz CT molecular complexity index is 423. The maximum Gasteiger partial charge on any atom is 1.00 e. The van der Waals surface area contributed by atoms with E-state index in [1.54, 1.807) is 0 Å². The number of rotatable bonds is 10. The van der Waals surface area contributed by atoms with Gasteiger partial charge in [0.15, 0.2) is 0 Å². The van der Waals surface area contributed by atoms with Gasteiger partial charge < -0.3 is 33.3 Å². The van der Waals surface area contributed by atoms with Crippen LogP contribution in [0.25, 0.3) is 0 Å². The molecule has 0 saturated carbocycles. The number of aliphatic carboxylic acids is 4. The second kappa shape index (κ2) is 11.0. The van der Waals surface area contributed by atoms with Crippen LogP contribution in [-0.2, 0) is 36.2 Å². The molecule has 8 N–H and O–H groups in total. The smallest absolute Gasteiger partial charge is 1.00 e. The number of carboxylic acid groups (broad SMARTS) is 4. The van der Waals surface area contributed by atoms with Gasteiger partial charge in [-0.05, 0) is 6.42 Å². The molecule has 0 aromatic carbocycles. The van der Waals surface area contributed by atoms with Gasteiger partial charge in [0.05, 0.1) is 31.3 Å². The molecule has 0 rings (SSSR count). The third kappa shape index (κ3) is 12.4. The molecular weight excluding hydrogens is 366 g/mol. The fourth-order valence-electron chi connectivity index (χ4n) is 2.38. The molecular formula is C11H19MnN2NaO8. The van der Waals surface area contributed by atoms with Gasteiger partial charge in [-0.25, -0.2) is 0 Å². The van der Waals surface area contributed by atoms with E-state index in [1.807, 2.05) is 0 Å². The molecule has 0 atom stereocenters. The number of hydrogen-bond acceptors (Lipinski definition) is 6. The van der Waals surface area contributed by atoms with Crippen LogP contribution < -0.4 is 41.0 Å². The Morgan fingerprint density at radius 1 is 0.739 bits per heavy atom. The molecule has 1 radical (unpaired) electrons. The first-order valence-electron chi connectivity index (χ1n) is 5.82. The molecule has 0 unspecified atom stereocenters. The van der Waals surface area contributed by atoms with Crippen molar-refractivity contribution in [1.29, 1.82) is 0 Å². The van der Waals surface area contributed by atoms with Crippen molar-refractivity contribution in [3.8, 4) is 0 Å². The van der Waals surface area contributed by atoms with Crippen molar-refractivity contribution in [2.75, 3.05) is 0 Å². The maximum atomic E-state index is 10.9. The van der Waals surface area contributed by atoms with Crippen molar-refractivity contribution in [3.63, 3.8) is 0 Å². The summed E-state index contributed by atoms with van der Waals surface area (Å²) in [4.78, 5) is 43.4. The van der Waals surface area contributed by atoms with E-state index in [4.69, 9.17) is 31.9 Å². The Labute approximate surface area is 165 Å². The number of hydrogen-bond donors (Lipinski definition) is 6. The quantitative estimate of drug-likeness (QED) is 0.159. The molecule has 0 aromatic heterocycles. The Kier molecular flexibility index (Phi) is 13.0.